The highest BCUT2D eigenvalue weighted by molar-refractivity contribution is 6.32. The summed E-state index contributed by atoms with van der Waals surface area (Å²) in [4.78, 5) is 14.7. The summed E-state index contributed by atoms with van der Waals surface area (Å²) in [5.74, 6) is 0.576. The normalized spacial score (nSPS) is 16.2. The van der Waals surface area contributed by atoms with E-state index in [0.717, 1.165) is 41.2 Å². The summed E-state index contributed by atoms with van der Waals surface area (Å²) in [6.07, 6.45) is 2.09. The maximum absolute atomic E-state index is 12.9. The van der Waals surface area contributed by atoms with Gasteiger partial charge in [-0.2, -0.15) is 0 Å². The predicted octanol–water partition coefficient (Wildman–Crippen LogP) is 5.20. The van der Waals surface area contributed by atoms with E-state index < -0.39 is 0 Å². The van der Waals surface area contributed by atoms with Crippen molar-refractivity contribution in [3.8, 4) is 5.75 Å². The molecule has 0 aliphatic carbocycles. The number of benzene rings is 2. The van der Waals surface area contributed by atoms with E-state index >= 15 is 0 Å². The monoisotopic (exact) mass is 421 g/mol. The Morgan fingerprint density at radius 2 is 1.86 bits per heavy atom. The molecule has 150 valence electrons. The summed E-state index contributed by atoms with van der Waals surface area (Å²) in [6.45, 7) is 5.64. The van der Waals surface area contributed by atoms with E-state index in [2.05, 4.69) is 0 Å². The molecule has 1 fully saturated rings. The zero-order valence-corrected chi connectivity index (χ0v) is 17.7. The van der Waals surface area contributed by atoms with E-state index in [1.165, 1.54) is 0 Å². The minimum atomic E-state index is -0.0734. The number of ether oxygens (including phenoxy) is 2. The highest BCUT2D eigenvalue weighted by atomic mass is 35.5. The molecule has 0 N–H and O–H groups in total. The van der Waals surface area contributed by atoms with Crippen LogP contribution in [0.1, 0.15) is 29.5 Å². The van der Waals surface area contributed by atoms with Gasteiger partial charge in [-0.1, -0.05) is 35.3 Å². The van der Waals surface area contributed by atoms with Crippen molar-refractivity contribution in [2.24, 2.45) is 0 Å². The van der Waals surface area contributed by atoms with Crippen LogP contribution in [0.15, 0.2) is 36.4 Å². The fraction of sp³-hybridized carbons (Fsp3) is 0.409. The summed E-state index contributed by atoms with van der Waals surface area (Å²) >= 11 is 12.2. The predicted molar refractivity (Wildman–Crippen MR) is 112 cm³/mol. The molecule has 0 radical (unpaired) electrons. The van der Waals surface area contributed by atoms with Crippen LogP contribution in [0.2, 0.25) is 10.0 Å². The lowest BCUT2D eigenvalue weighted by molar-refractivity contribution is -0.135. The first-order valence-corrected chi connectivity index (χ1v) is 10.2. The molecule has 0 spiro atoms. The van der Waals surface area contributed by atoms with Gasteiger partial charge in [0.2, 0.25) is 0 Å². The van der Waals surface area contributed by atoms with Gasteiger partial charge in [0.15, 0.2) is 6.61 Å². The third kappa shape index (κ3) is 5.63. The third-order valence-corrected chi connectivity index (χ3v) is 5.71. The Hall–Kier alpha value is -1.75. The minimum Gasteiger partial charge on any atom is -0.484 e. The summed E-state index contributed by atoms with van der Waals surface area (Å²) in [5, 5.41) is 1.40. The van der Waals surface area contributed by atoms with Crippen LogP contribution in [-0.4, -0.2) is 36.7 Å². The van der Waals surface area contributed by atoms with Crippen molar-refractivity contribution < 1.29 is 14.3 Å². The zero-order valence-electron chi connectivity index (χ0n) is 16.2. The molecule has 0 unspecified atom stereocenters. The van der Waals surface area contributed by atoms with Crippen LogP contribution in [0.4, 0.5) is 0 Å². The Kier molecular flexibility index (Phi) is 7.22. The van der Waals surface area contributed by atoms with Crippen LogP contribution >= 0.6 is 23.2 Å². The maximum Gasteiger partial charge on any atom is 0.260 e. The molecule has 0 saturated carbocycles. The Labute approximate surface area is 176 Å². The van der Waals surface area contributed by atoms with Gasteiger partial charge in [-0.25, -0.2) is 0 Å². The first-order chi connectivity index (χ1) is 13.4. The second-order valence-electron chi connectivity index (χ2n) is 7.20. The molecular weight excluding hydrogens is 397 g/mol. The Balaban J connectivity index is 1.67. The van der Waals surface area contributed by atoms with Crippen LogP contribution in [-0.2, 0) is 16.1 Å². The van der Waals surface area contributed by atoms with Crippen molar-refractivity contribution in [2.45, 2.75) is 39.3 Å². The number of halogens is 2. The van der Waals surface area contributed by atoms with Crippen LogP contribution in [0.5, 0.6) is 5.75 Å². The molecular formula is C22H25Cl2NO3. The molecule has 1 saturated heterocycles. The van der Waals surface area contributed by atoms with Gasteiger partial charge >= 0.3 is 0 Å². The van der Waals surface area contributed by atoms with Crippen molar-refractivity contribution in [1.29, 1.82) is 0 Å². The van der Waals surface area contributed by atoms with Gasteiger partial charge < -0.3 is 14.4 Å². The van der Waals surface area contributed by atoms with Gasteiger partial charge in [0.1, 0.15) is 5.75 Å². The summed E-state index contributed by atoms with van der Waals surface area (Å²) in [5.41, 5.74) is 2.89. The van der Waals surface area contributed by atoms with Crippen LogP contribution in [0.3, 0.4) is 0 Å². The molecule has 1 amide bonds. The van der Waals surface area contributed by atoms with Gasteiger partial charge in [-0.15, -0.1) is 0 Å². The Morgan fingerprint density at radius 1 is 1.18 bits per heavy atom. The van der Waals surface area contributed by atoms with E-state index in [1.54, 1.807) is 4.90 Å². The van der Waals surface area contributed by atoms with Crippen LogP contribution in [0, 0.1) is 13.8 Å². The second-order valence-corrected chi connectivity index (χ2v) is 8.01. The van der Waals surface area contributed by atoms with E-state index in [0.29, 0.717) is 23.9 Å². The molecule has 3 rings (SSSR count). The van der Waals surface area contributed by atoms with Gasteiger partial charge in [-0.05, 0) is 67.6 Å². The molecule has 1 atom stereocenters. The van der Waals surface area contributed by atoms with Crippen molar-refractivity contribution in [1.82, 2.24) is 4.90 Å². The molecule has 0 aromatic heterocycles. The number of aryl methyl sites for hydroxylation is 2. The first kappa shape index (κ1) is 21.0. The number of hydrogen-bond acceptors (Lipinski definition) is 3. The van der Waals surface area contributed by atoms with Crippen LogP contribution < -0.4 is 4.74 Å². The molecule has 0 bridgehead atoms. The number of nitrogens with zero attached hydrogens (tertiary/aromatic N) is 1. The molecule has 28 heavy (non-hydrogen) atoms. The SMILES string of the molecule is Cc1cc(OCC(=O)N(Cc2ccc(Cl)cc2)C[C@@H]2CCCO2)cc(C)c1Cl. The van der Waals surface area contributed by atoms with Gasteiger partial charge in [0, 0.05) is 29.7 Å². The van der Waals surface area contributed by atoms with Crippen molar-refractivity contribution in [2.75, 3.05) is 19.8 Å². The van der Waals surface area contributed by atoms with E-state index in [9.17, 15) is 4.79 Å². The summed E-state index contributed by atoms with van der Waals surface area (Å²) in [6, 6.07) is 11.2. The van der Waals surface area contributed by atoms with Crippen molar-refractivity contribution in [3.05, 3.63) is 63.1 Å². The molecule has 6 heteroatoms. The molecule has 1 aliphatic rings. The average molecular weight is 422 g/mol. The van der Waals surface area contributed by atoms with E-state index in [1.807, 2.05) is 50.2 Å². The second kappa shape index (κ2) is 9.64. The smallest absolute Gasteiger partial charge is 0.260 e. The number of hydrogen-bond donors (Lipinski definition) is 0. The van der Waals surface area contributed by atoms with Crippen molar-refractivity contribution >= 4 is 29.1 Å². The number of amides is 1. The molecule has 1 heterocycles. The summed E-state index contributed by atoms with van der Waals surface area (Å²) in [7, 11) is 0. The molecule has 4 nitrogen and oxygen atoms in total. The molecule has 2 aromatic carbocycles. The largest absolute Gasteiger partial charge is 0.484 e. The third-order valence-electron chi connectivity index (χ3n) is 4.86. The minimum absolute atomic E-state index is 0.0270. The lowest BCUT2D eigenvalue weighted by Gasteiger charge is -2.26. The van der Waals surface area contributed by atoms with Crippen LogP contribution in [0.25, 0.3) is 0 Å². The molecule has 1 aliphatic heterocycles. The van der Waals surface area contributed by atoms with E-state index in [4.69, 9.17) is 32.7 Å². The zero-order chi connectivity index (χ0) is 20.1. The van der Waals surface area contributed by atoms with Gasteiger partial charge in [0.05, 0.1) is 6.10 Å². The number of carbonyl (C=O) groups excluding carboxylic acids is 1. The number of rotatable bonds is 7. The molecule has 2 aromatic rings. The fourth-order valence-corrected chi connectivity index (χ4v) is 3.56. The fourth-order valence-electron chi connectivity index (χ4n) is 3.32. The highest BCUT2D eigenvalue weighted by Crippen LogP contribution is 2.26. The van der Waals surface area contributed by atoms with Crippen molar-refractivity contribution in [3.63, 3.8) is 0 Å². The highest BCUT2D eigenvalue weighted by Gasteiger charge is 2.23. The van der Waals surface area contributed by atoms with E-state index in [-0.39, 0.29) is 18.6 Å². The lowest BCUT2D eigenvalue weighted by atomic mass is 10.1. The topological polar surface area (TPSA) is 38.8 Å². The Bertz CT molecular complexity index is 794. The first-order valence-electron chi connectivity index (χ1n) is 9.45. The quantitative estimate of drug-likeness (QED) is 0.616. The number of carbonyl (C=O) groups is 1. The standard InChI is InChI=1S/C22H25Cl2NO3/c1-15-10-20(11-16(2)22(15)24)28-14-21(26)25(13-19-4-3-9-27-19)12-17-5-7-18(23)8-6-17/h5-8,10-11,19H,3-4,9,12-14H2,1-2H3/t19-/m0/s1. The Morgan fingerprint density at radius 3 is 2.46 bits per heavy atom. The lowest BCUT2D eigenvalue weighted by Crippen LogP contribution is -2.39. The van der Waals surface area contributed by atoms with Gasteiger partial charge in [-0.3, -0.25) is 4.79 Å². The van der Waals surface area contributed by atoms with Gasteiger partial charge in [0.25, 0.3) is 5.91 Å². The maximum atomic E-state index is 12.9. The summed E-state index contributed by atoms with van der Waals surface area (Å²) < 4.78 is 11.5. The average Bonchev–Trinajstić information content (AvgIpc) is 3.18.